The molecule has 2 atom stereocenters. The summed E-state index contributed by atoms with van der Waals surface area (Å²) in [5, 5.41) is 0.530. The van der Waals surface area contributed by atoms with E-state index in [-0.39, 0.29) is 35.8 Å². The number of amides is 1. The van der Waals surface area contributed by atoms with Crippen LogP contribution in [0.1, 0.15) is 24.8 Å². The van der Waals surface area contributed by atoms with E-state index in [1.165, 1.54) is 34.4 Å². The van der Waals surface area contributed by atoms with Gasteiger partial charge in [0.1, 0.15) is 17.2 Å². The molecule has 1 aliphatic rings. The zero-order valence-corrected chi connectivity index (χ0v) is 18.4. The second-order valence-corrected chi connectivity index (χ2v) is 9.28. The highest BCUT2D eigenvalue weighted by atomic mass is 32.1. The van der Waals surface area contributed by atoms with Crippen LogP contribution in [0.3, 0.4) is 0 Å². The Morgan fingerprint density at radius 2 is 1.91 bits per heavy atom. The first-order chi connectivity index (χ1) is 15.5. The van der Waals surface area contributed by atoms with E-state index < -0.39 is 0 Å². The molecule has 2 aromatic carbocycles. The van der Waals surface area contributed by atoms with Crippen molar-refractivity contribution in [1.82, 2.24) is 14.5 Å². The second kappa shape index (κ2) is 8.31. The van der Waals surface area contributed by atoms with Crippen LogP contribution in [0.2, 0.25) is 0 Å². The Labute approximate surface area is 188 Å². The third kappa shape index (κ3) is 3.84. The lowest BCUT2D eigenvalue weighted by Gasteiger charge is -2.22. The first kappa shape index (κ1) is 20.6. The molecule has 5 rings (SSSR count). The molecule has 1 amide bonds. The number of thiophene rings is 1. The van der Waals surface area contributed by atoms with E-state index in [0.29, 0.717) is 16.8 Å². The molecule has 0 saturated carbocycles. The molecule has 3 heterocycles. The number of benzene rings is 2. The third-order valence-corrected chi connectivity index (χ3v) is 7.21. The summed E-state index contributed by atoms with van der Waals surface area (Å²) in [4.78, 5) is 34.0. The van der Waals surface area contributed by atoms with Gasteiger partial charge < -0.3 is 4.90 Å². The van der Waals surface area contributed by atoms with E-state index in [1.54, 1.807) is 12.1 Å². The van der Waals surface area contributed by atoms with Gasteiger partial charge in [0.05, 0.1) is 11.7 Å². The molecule has 32 heavy (non-hydrogen) atoms. The molecule has 0 bridgehead atoms. The Kier molecular flexibility index (Phi) is 5.35. The second-order valence-electron chi connectivity index (χ2n) is 8.25. The molecule has 1 saturated heterocycles. The van der Waals surface area contributed by atoms with E-state index in [1.807, 2.05) is 48.2 Å². The minimum Gasteiger partial charge on any atom is -0.338 e. The Morgan fingerprint density at radius 3 is 2.66 bits per heavy atom. The first-order valence-corrected chi connectivity index (χ1v) is 11.4. The number of hydrogen-bond acceptors (Lipinski definition) is 4. The molecule has 0 spiro atoms. The maximum atomic E-state index is 13.2. The molecule has 1 fully saturated rings. The van der Waals surface area contributed by atoms with E-state index in [2.05, 4.69) is 4.98 Å². The average molecular weight is 448 g/mol. The van der Waals surface area contributed by atoms with Crippen molar-refractivity contribution in [2.75, 3.05) is 6.54 Å². The Bertz CT molecular complexity index is 1330. The number of carbonyl (C=O) groups is 1. The highest BCUT2D eigenvalue weighted by Gasteiger charge is 2.33. The van der Waals surface area contributed by atoms with Crippen LogP contribution in [-0.4, -0.2) is 32.9 Å². The summed E-state index contributed by atoms with van der Waals surface area (Å²) in [5.74, 6) is -0.208. The molecular formula is C25H22FN3O2S. The standard InChI is InChI=1S/C25H22FN3O2S/c1-16-11-19(17-7-9-20(26)10-8-17)13-29(16)23(30)14-28-15-27-24-21(25(28)31)12-22(32-24)18-5-3-2-4-6-18/h2-10,12,15-16,19H,11,13-14H2,1H3. The maximum Gasteiger partial charge on any atom is 0.262 e. The van der Waals surface area contributed by atoms with E-state index >= 15 is 0 Å². The zero-order chi connectivity index (χ0) is 22.2. The van der Waals surface area contributed by atoms with Crippen molar-refractivity contribution >= 4 is 27.5 Å². The van der Waals surface area contributed by atoms with Crippen molar-refractivity contribution in [3.8, 4) is 10.4 Å². The molecule has 0 N–H and O–H groups in total. The van der Waals surface area contributed by atoms with Crippen molar-refractivity contribution in [3.63, 3.8) is 0 Å². The predicted molar refractivity (Wildman–Crippen MR) is 124 cm³/mol. The number of nitrogens with zero attached hydrogens (tertiary/aromatic N) is 3. The fourth-order valence-electron chi connectivity index (χ4n) is 4.41. The Balaban J connectivity index is 1.36. The normalized spacial score (nSPS) is 18.4. The Morgan fingerprint density at radius 1 is 1.16 bits per heavy atom. The van der Waals surface area contributed by atoms with E-state index in [0.717, 1.165) is 22.4 Å². The molecule has 5 nitrogen and oxygen atoms in total. The van der Waals surface area contributed by atoms with Crippen LogP contribution in [0.15, 0.2) is 71.8 Å². The molecule has 2 unspecified atom stereocenters. The minimum atomic E-state index is -0.265. The summed E-state index contributed by atoms with van der Waals surface area (Å²) in [6.07, 6.45) is 2.28. The van der Waals surface area contributed by atoms with Crippen molar-refractivity contribution in [1.29, 1.82) is 0 Å². The lowest BCUT2D eigenvalue weighted by Crippen LogP contribution is -2.38. The molecule has 1 aliphatic heterocycles. The van der Waals surface area contributed by atoms with Crippen molar-refractivity contribution in [3.05, 3.63) is 88.7 Å². The predicted octanol–water partition coefficient (Wildman–Crippen LogP) is 4.67. The highest BCUT2D eigenvalue weighted by molar-refractivity contribution is 7.21. The number of aromatic nitrogens is 2. The van der Waals surface area contributed by atoms with Gasteiger partial charge in [-0.3, -0.25) is 14.2 Å². The monoisotopic (exact) mass is 447 g/mol. The van der Waals surface area contributed by atoms with Crippen LogP contribution in [-0.2, 0) is 11.3 Å². The fourth-order valence-corrected chi connectivity index (χ4v) is 5.40. The summed E-state index contributed by atoms with van der Waals surface area (Å²) in [5.41, 5.74) is 1.86. The van der Waals surface area contributed by atoms with Gasteiger partial charge >= 0.3 is 0 Å². The molecule has 4 aromatic rings. The van der Waals surface area contributed by atoms with Crippen LogP contribution >= 0.6 is 11.3 Å². The van der Waals surface area contributed by atoms with Crippen molar-refractivity contribution < 1.29 is 9.18 Å². The van der Waals surface area contributed by atoms with Gasteiger partial charge in [0, 0.05) is 23.4 Å². The summed E-state index contributed by atoms with van der Waals surface area (Å²) in [6, 6.07) is 18.2. The van der Waals surface area contributed by atoms with E-state index in [4.69, 9.17) is 0 Å². The quantitative estimate of drug-likeness (QED) is 0.457. The molecule has 0 radical (unpaired) electrons. The lowest BCUT2D eigenvalue weighted by molar-refractivity contribution is -0.132. The van der Waals surface area contributed by atoms with Gasteiger partial charge in [0.15, 0.2) is 0 Å². The van der Waals surface area contributed by atoms with Crippen LogP contribution in [0.5, 0.6) is 0 Å². The fraction of sp³-hybridized carbons (Fsp3) is 0.240. The highest BCUT2D eigenvalue weighted by Crippen LogP contribution is 2.32. The molecule has 2 aromatic heterocycles. The lowest BCUT2D eigenvalue weighted by atomic mass is 9.97. The molecule has 162 valence electrons. The first-order valence-electron chi connectivity index (χ1n) is 10.6. The molecule has 7 heteroatoms. The average Bonchev–Trinajstić information content (AvgIpc) is 3.41. The zero-order valence-electron chi connectivity index (χ0n) is 17.6. The minimum absolute atomic E-state index is 0.0429. The number of rotatable bonds is 4. The van der Waals surface area contributed by atoms with Gasteiger partial charge in [-0.15, -0.1) is 11.3 Å². The van der Waals surface area contributed by atoms with Gasteiger partial charge in [0.25, 0.3) is 5.56 Å². The smallest absolute Gasteiger partial charge is 0.262 e. The van der Waals surface area contributed by atoms with E-state index in [9.17, 15) is 14.0 Å². The van der Waals surface area contributed by atoms with Gasteiger partial charge in [-0.25, -0.2) is 9.37 Å². The third-order valence-electron chi connectivity index (χ3n) is 6.12. The SMILES string of the molecule is CC1CC(c2ccc(F)cc2)CN1C(=O)Cn1cnc2sc(-c3ccccc3)cc2c1=O. The Hall–Kier alpha value is -3.32. The largest absolute Gasteiger partial charge is 0.338 e. The van der Waals surface area contributed by atoms with Crippen LogP contribution < -0.4 is 5.56 Å². The van der Waals surface area contributed by atoms with Gasteiger partial charge in [-0.2, -0.15) is 0 Å². The van der Waals surface area contributed by atoms with Crippen LogP contribution in [0.4, 0.5) is 4.39 Å². The van der Waals surface area contributed by atoms with Crippen LogP contribution in [0.25, 0.3) is 20.7 Å². The number of hydrogen-bond donors (Lipinski definition) is 0. The number of fused-ring (bicyclic) bond motifs is 1. The van der Waals surface area contributed by atoms with Gasteiger partial charge in [-0.1, -0.05) is 42.5 Å². The van der Waals surface area contributed by atoms with Crippen molar-refractivity contribution in [2.45, 2.75) is 31.8 Å². The number of likely N-dealkylation sites (tertiary alicyclic amines) is 1. The summed E-state index contributed by atoms with van der Waals surface area (Å²) in [7, 11) is 0. The number of halogens is 1. The van der Waals surface area contributed by atoms with Crippen molar-refractivity contribution in [2.24, 2.45) is 0 Å². The van der Waals surface area contributed by atoms with Crippen LogP contribution in [0, 0.1) is 5.82 Å². The molecule has 0 aliphatic carbocycles. The summed E-state index contributed by atoms with van der Waals surface area (Å²) >= 11 is 1.47. The van der Waals surface area contributed by atoms with Gasteiger partial charge in [0.2, 0.25) is 5.91 Å². The number of carbonyl (C=O) groups excluding carboxylic acids is 1. The van der Waals surface area contributed by atoms with Gasteiger partial charge in [-0.05, 0) is 42.7 Å². The maximum absolute atomic E-state index is 13.2. The summed E-state index contributed by atoms with van der Waals surface area (Å²) < 4.78 is 14.6. The summed E-state index contributed by atoms with van der Waals surface area (Å²) in [6.45, 7) is 2.53. The topological polar surface area (TPSA) is 55.2 Å². The molecular weight excluding hydrogens is 425 g/mol.